The molecular formula is C15H12F3NOS. The van der Waals surface area contributed by atoms with Crippen molar-refractivity contribution >= 4 is 18.0 Å². The summed E-state index contributed by atoms with van der Waals surface area (Å²) in [4.78, 5) is 16.0. The smallest absolute Gasteiger partial charge is 0.296 e. The zero-order chi connectivity index (χ0) is 15.5. The Balaban J connectivity index is 2.36. The highest BCUT2D eigenvalue weighted by molar-refractivity contribution is 7.99. The molecule has 0 aliphatic heterocycles. The first-order chi connectivity index (χ1) is 9.95. The molecular weight excluding hydrogens is 299 g/mol. The van der Waals surface area contributed by atoms with Gasteiger partial charge in [0.25, 0.3) is 0 Å². The minimum absolute atomic E-state index is 0.305. The van der Waals surface area contributed by atoms with E-state index >= 15 is 0 Å². The third-order valence-corrected chi connectivity index (χ3v) is 3.75. The minimum atomic E-state index is -4.36. The van der Waals surface area contributed by atoms with E-state index in [1.165, 1.54) is 23.9 Å². The molecule has 0 amide bonds. The molecule has 1 aromatic heterocycles. The largest absolute Gasteiger partial charge is 0.416 e. The summed E-state index contributed by atoms with van der Waals surface area (Å²) in [6.45, 7) is 1.96. The number of rotatable bonds is 4. The molecule has 0 bridgehead atoms. The Morgan fingerprint density at radius 2 is 1.81 bits per heavy atom. The van der Waals surface area contributed by atoms with Gasteiger partial charge < -0.3 is 0 Å². The Bertz CT molecular complexity index is 638. The van der Waals surface area contributed by atoms with Gasteiger partial charge >= 0.3 is 6.18 Å². The lowest BCUT2D eigenvalue weighted by Gasteiger charge is -2.09. The molecule has 110 valence electrons. The second-order valence-corrected chi connectivity index (χ2v) is 5.51. The number of pyridine rings is 1. The molecule has 0 atom stereocenters. The van der Waals surface area contributed by atoms with Crippen molar-refractivity contribution in [3.8, 4) is 11.3 Å². The number of hydrogen-bond donors (Lipinski definition) is 0. The van der Waals surface area contributed by atoms with Gasteiger partial charge in [-0.05, 0) is 30.0 Å². The molecule has 2 nitrogen and oxygen atoms in total. The summed E-state index contributed by atoms with van der Waals surface area (Å²) in [5, 5.41) is 0. The fourth-order valence-corrected chi connectivity index (χ4v) is 2.53. The van der Waals surface area contributed by atoms with Crippen LogP contribution in [0.5, 0.6) is 0 Å². The van der Waals surface area contributed by atoms with Crippen molar-refractivity contribution in [2.75, 3.05) is 5.75 Å². The lowest BCUT2D eigenvalue weighted by atomic mass is 10.1. The summed E-state index contributed by atoms with van der Waals surface area (Å²) in [7, 11) is 0. The van der Waals surface area contributed by atoms with Gasteiger partial charge in [-0.25, -0.2) is 4.98 Å². The van der Waals surface area contributed by atoms with E-state index in [0.717, 1.165) is 22.8 Å². The van der Waals surface area contributed by atoms with Crippen LogP contribution in [0.4, 0.5) is 13.2 Å². The summed E-state index contributed by atoms with van der Waals surface area (Å²) >= 11 is 1.49. The molecule has 0 saturated heterocycles. The van der Waals surface area contributed by atoms with Crippen molar-refractivity contribution in [1.29, 1.82) is 0 Å². The molecule has 0 radical (unpaired) electrons. The average Bonchev–Trinajstić information content (AvgIpc) is 2.47. The van der Waals surface area contributed by atoms with Crippen LogP contribution in [0.1, 0.15) is 23.0 Å². The molecule has 1 heterocycles. The summed E-state index contributed by atoms with van der Waals surface area (Å²) in [6.07, 6.45) is -3.70. The maximum absolute atomic E-state index is 12.5. The number of aromatic nitrogens is 1. The quantitative estimate of drug-likeness (QED) is 0.606. The van der Waals surface area contributed by atoms with Crippen molar-refractivity contribution in [2.45, 2.75) is 18.0 Å². The molecule has 0 fully saturated rings. The first-order valence-corrected chi connectivity index (χ1v) is 7.21. The second kappa shape index (κ2) is 6.30. The average molecular weight is 311 g/mol. The summed E-state index contributed by atoms with van der Waals surface area (Å²) in [6, 6.07) is 8.18. The number of aldehydes is 1. The molecule has 0 spiro atoms. The van der Waals surface area contributed by atoms with Crippen molar-refractivity contribution in [2.24, 2.45) is 0 Å². The van der Waals surface area contributed by atoms with Crippen molar-refractivity contribution < 1.29 is 18.0 Å². The van der Waals surface area contributed by atoms with Gasteiger partial charge in [-0.3, -0.25) is 4.79 Å². The van der Waals surface area contributed by atoms with E-state index < -0.39 is 11.7 Å². The minimum Gasteiger partial charge on any atom is -0.296 e. The molecule has 0 unspecified atom stereocenters. The predicted octanol–water partition coefficient (Wildman–Crippen LogP) is 4.69. The Kier molecular flexibility index (Phi) is 4.67. The Labute approximate surface area is 124 Å². The lowest BCUT2D eigenvalue weighted by Crippen LogP contribution is -2.04. The summed E-state index contributed by atoms with van der Waals surface area (Å²) < 4.78 is 37.5. The number of halogens is 3. The summed E-state index contributed by atoms with van der Waals surface area (Å²) in [5.41, 5.74) is 0.615. The standard InChI is InChI=1S/C15H12F3NOS/c1-2-21-14-8-7-12(19-13(14)9-20)10-3-5-11(6-4-10)15(16,17)18/h3-9H,2H2,1H3. The topological polar surface area (TPSA) is 30.0 Å². The molecule has 0 aliphatic rings. The van der Waals surface area contributed by atoms with Gasteiger partial charge in [-0.2, -0.15) is 13.2 Å². The van der Waals surface area contributed by atoms with E-state index in [4.69, 9.17) is 0 Å². The second-order valence-electron chi connectivity index (χ2n) is 4.21. The van der Waals surface area contributed by atoms with E-state index in [1.54, 1.807) is 12.1 Å². The number of thioether (sulfide) groups is 1. The van der Waals surface area contributed by atoms with Crippen LogP contribution in [0, 0.1) is 0 Å². The van der Waals surface area contributed by atoms with Crippen LogP contribution in [0.15, 0.2) is 41.3 Å². The van der Waals surface area contributed by atoms with E-state index in [0.29, 0.717) is 23.2 Å². The van der Waals surface area contributed by atoms with Crippen molar-refractivity contribution in [3.63, 3.8) is 0 Å². The fourth-order valence-electron chi connectivity index (χ4n) is 1.81. The van der Waals surface area contributed by atoms with E-state index in [-0.39, 0.29) is 0 Å². The van der Waals surface area contributed by atoms with Gasteiger partial charge in [-0.1, -0.05) is 19.1 Å². The summed E-state index contributed by atoms with van der Waals surface area (Å²) in [5.74, 6) is 0.808. The van der Waals surface area contributed by atoms with Gasteiger partial charge in [-0.15, -0.1) is 11.8 Å². The molecule has 1 aromatic carbocycles. The van der Waals surface area contributed by atoms with Crippen molar-refractivity contribution in [3.05, 3.63) is 47.7 Å². The number of carbonyl (C=O) groups excluding carboxylic acids is 1. The fraction of sp³-hybridized carbons (Fsp3) is 0.200. The third-order valence-electron chi connectivity index (χ3n) is 2.81. The predicted molar refractivity (Wildman–Crippen MR) is 76.5 cm³/mol. The van der Waals surface area contributed by atoms with Crippen LogP contribution in [0.3, 0.4) is 0 Å². The molecule has 0 saturated carbocycles. The Hall–Kier alpha value is -1.82. The monoisotopic (exact) mass is 311 g/mol. The van der Waals surface area contributed by atoms with E-state index in [1.807, 2.05) is 6.92 Å². The van der Waals surface area contributed by atoms with Gasteiger partial charge in [0, 0.05) is 10.5 Å². The van der Waals surface area contributed by atoms with Gasteiger partial charge in [0.1, 0.15) is 5.69 Å². The highest BCUT2D eigenvalue weighted by Crippen LogP contribution is 2.31. The van der Waals surface area contributed by atoms with Crippen LogP contribution >= 0.6 is 11.8 Å². The van der Waals surface area contributed by atoms with Gasteiger partial charge in [0.2, 0.25) is 0 Å². The Morgan fingerprint density at radius 1 is 1.14 bits per heavy atom. The SMILES string of the molecule is CCSc1ccc(-c2ccc(C(F)(F)F)cc2)nc1C=O. The van der Waals surface area contributed by atoms with Crippen LogP contribution in [-0.4, -0.2) is 17.0 Å². The first kappa shape index (κ1) is 15.6. The number of carbonyl (C=O) groups is 1. The maximum atomic E-state index is 12.5. The number of benzene rings is 1. The lowest BCUT2D eigenvalue weighted by molar-refractivity contribution is -0.137. The maximum Gasteiger partial charge on any atom is 0.416 e. The zero-order valence-electron chi connectivity index (χ0n) is 11.1. The number of alkyl halides is 3. The molecule has 2 rings (SSSR count). The molecule has 0 N–H and O–H groups in total. The van der Waals surface area contributed by atoms with Gasteiger partial charge in [0.15, 0.2) is 6.29 Å². The van der Waals surface area contributed by atoms with Crippen LogP contribution in [0.25, 0.3) is 11.3 Å². The highest BCUT2D eigenvalue weighted by atomic mass is 32.2. The van der Waals surface area contributed by atoms with Crippen molar-refractivity contribution in [1.82, 2.24) is 4.98 Å². The van der Waals surface area contributed by atoms with E-state index in [2.05, 4.69) is 4.98 Å². The number of nitrogens with zero attached hydrogens (tertiary/aromatic N) is 1. The normalized spacial score (nSPS) is 11.4. The van der Waals surface area contributed by atoms with Gasteiger partial charge in [0.05, 0.1) is 11.3 Å². The van der Waals surface area contributed by atoms with Crippen LogP contribution < -0.4 is 0 Å². The molecule has 21 heavy (non-hydrogen) atoms. The highest BCUT2D eigenvalue weighted by Gasteiger charge is 2.30. The van der Waals surface area contributed by atoms with Crippen LogP contribution in [-0.2, 0) is 6.18 Å². The zero-order valence-corrected chi connectivity index (χ0v) is 12.0. The number of hydrogen-bond acceptors (Lipinski definition) is 3. The molecule has 6 heteroatoms. The van der Waals surface area contributed by atoms with E-state index in [9.17, 15) is 18.0 Å². The first-order valence-electron chi connectivity index (χ1n) is 6.22. The molecule has 0 aliphatic carbocycles. The third kappa shape index (κ3) is 3.64. The molecule has 2 aromatic rings. The Morgan fingerprint density at radius 3 is 2.33 bits per heavy atom. The van der Waals surface area contributed by atoms with Crippen LogP contribution in [0.2, 0.25) is 0 Å².